The van der Waals surface area contributed by atoms with Gasteiger partial charge in [-0.25, -0.2) is 0 Å². The highest BCUT2D eigenvalue weighted by Gasteiger charge is 2.37. The van der Waals surface area contributed by atoms with Crippen molar-refractivity contribution in [2.75, 3.05) is 26.2 Å². The summed E-state index contributed by atoms with van der Waals surface area (Å²) in [6.07, 6.45) is 9.54. The average molecular weight is 432 g/mol. The number of hydrogen-bond donors (Lipinski definition) is 1. The molecule has 2 amide bonds. The molecule has 0 bridgehead atoms. The summed E-state index contributed by atoms with van der Waals surface area (Å²) in [6, 6.07) is 7.78. The summed E-state index contributed by atoms with van der Waals surface area (Å²) in [5.74, 6) is 0.331. The van der Waals surface area contributed by atoms with Crippen LogP contribution in [0.4, 0.5) is 0 Å². The van der Waals surface area contributed by atoms with Gasteiger partial charge in [-0.3, -0.25) is 14.5 Å². The van der Waals surface area contributed by atoms with E-state index in [2.05, 4.69) is 16.3 Å². The zero-order valence-electron chi connectivity index (χ0n) is 17.8. The van der Waals surface area contributed by atoms with E-state index in [1.807, 2.05) is 23.1 Å². The smallest absolute Gasteiger partial charge is 0.242 e. The minimum Gasteiger partial charge on any atom is -0.352 e. The quantitative estimate of drug-likeness (QED) is 0.735. The van der Waals surface area contributed by atoms with Crippen LogP contribution in [-0.4, -0.2) is 53.8 Å². The summed E-state index contributed by atoms with van der Waals surface area (Å²) in [6.45, 7) is 3.37. The van der Waals surface area contributed by atoms with Crippen molar-refractivity contribution in [3.8, 4) is 0 Å². The Morgan fingerprint density at radius 2 is 1.77 bits per heavy atom. The summed E-state index contributed by atoms with van der Waals surface area (Å²) in [4.78, 5) is 30.5. The molecule has 2 heterocycles. The maximum Gasteiger partial charge on any atom is 0.242 e. The maximum absolute atomic E-state index is 13.1. The lowest BCUT2D eigenvalue weighted by Gasteiger charge is -2.32. The number of benzene rings is 1. The van der Waals surface area contributed by atoms with Crippen LogP contribution in [0.25, 0.3) is 0 Å². The van der Waals surface area contributed by atoms with Crippen LogP contribution in [0.3, 0.4) is 0 Å². The number of rotatable bonds is 6. The van der Waals surface area contributed by atoms with Crippen LogP contribution in [-0.2, 0) is 9.59 Å². The maximum atomic E-state index is 13.1. The molecule has 1 aliphatic carbocycles. The van der Waals surface area contributed by atoms with Crippen molar-refractivity contribution in [2.45, 2.75) is 69.9 Å². The molecular formula is C24H34ClN3O2. The first kappa shape index (κ1) is 21.6. The van der Waals surface area contributed by atoms with Gasteiger partial charge in [0, 0.05) is 24.0 Å². The highest BCUT2D eigenvalue weighted by molar-refractivity contribution is 6.30. The molecule has 1 aromatic carbocycles. The van der Waals surface area contributed by atoms with Gasteiger partial charge in [-0.1, -0.05) is 43.0 Å². The molecular weight excluding hydrogens is 398 g/mol. The van der Waals surface area contributed by atoms with Crippen LogP contribution in [0.15, 0.2) is 24.3 Å². The van der Waals surface area contributed by atoms with E-state index in [9.17, 15) is 9.59 Å². The highest BCUT2D eigenvalue weighted by atomic mass is 35.5. The molecule has 0 spiro atoms. The van der Waals surface area contributed by atoms with Crippen LogP contribution in [0, 0.1) is 5.92 Å². The van der Waals surface area contributed by atoms with E-state index < -0.39 is 0 Å². The summed E-state index contributed by atoms with van der Waals surface area (Å²) in [5.41, 5.74) is 1.14. The Morgan fingerprint density at radius 1 is 1.00 bits per heavy atom. The predicted octanol–water partition coefficient (Wildman–Crippen LogP) is 4.16. The van der Waals surface area contributed by atoms with E-state index in [0.717, 1.165) is 68.7 Å². The van der Waals surface area contributed by atoms with Crippen molar-refractivity contribution >= 4 is 23.4 Å². The minimum absolute atomic E-state index is 0.00267. The molecule has 1 saturated carbocycles. The third-order valence-electron chi connectivity index (χ3n) is 7.08. The van der Waals surface area contributed by atoms with E-state index >= 15 is 0 Å². The zero-order chi connectivity index (χ0) is 20.9. The van der Waals surface area contributed by atoms with E-state index in [1.54, 1.807) is 0 Å². The van der Waals surface area contributed by atoms with Crippen LogP contribution in [0.1, 0.15) is 69.4 Å². The lowest BCUT2D eigenvalue weighted by Crippen LogP contribution is -2.49. The van der Waals surface area contributed by atoms with E-state index in [1.165, 1.54) is 19.3 Å². The first-order chi connectivity index (χ1) is 14.6. The second-order valence-electron chi connectivity index (χ2n) is 9.08. The van der Waals surface area contributed by atoms with Gasteiger partial charge in [-0.15, -0.1) is 0 Å². The van der Waals surface area contributed by atoms with Gasteiger partial charge < -0.3 is 10.2 Å². The van der Waals surface area contributed by atoms with Crippen molar-refractivity contribution in [1.82, 2.24) is 15.1 Å². The van der Waals surface area contributed by atoms with Gasteiger partial charge in [0.1, 0.15) is 6.04 Å². The van der Waals surface area contributed by atoms with Gasteiger partial charge >= 0.3 is 0 Å². The fourth-order valence-corrected chi connectivity index (χ4v) is 5.63. The van der Waals surface area contributed by atoms with Gasteiger partial charge in [0.05, 0.1) is 6.04 Å². The number of carbonyl (C=O) groups excluding carboxylic acids is 2. The molecule has 3 aliphatic rings. The van der Waals surface area contributed by atoms with Gasteiger partial charge in [0.2, 0.25) is 11.8 Å². The number of halogens is 1. The molecule has 2 aliphatic heterocycles. The number of nitrogens with one attached hydrogen (secondary N) is 1. The second kappa shape index (κ2) is 10.1. The Kier molecular flexibility index (Phi) is 7.32. The lowest BCUT2D eigenvalue weighted by molar-refractivity contribution is -0.142. The molecule has 164 valence electrons. The molecule has 0 aromatic heterocycles. The summed E-state index contributed by atoms with van der Waals surface area (Å²) in [5, 5.41) is 3.91. The van der Waals surface area contributed by atoms with Crippen LogP contribution < -0.4 is 5.32 Å². The number of hydrogen-bond acceptors (Lipinski definition) is 3. The van der Waals surface area contributed by atoms with Crippen molar-refractivity contribution in [3.05, 3.63) is 34.9 Å². The van der Waals surface area contributed by atoms with Crippen molar-refractivity contribution in [1.29, 1.82) is 0 Å². The second-order valence-corrected chi connectivity index (χ2v) is 9.52. The Morgan fingerprint density at radius 3 is 2.50 bits per heavy atom. The molecule has 1 aromatic rings. The molecule has 0 radical (unpaired) electrons. The third kappa shape index (κ3) is 5.00. The Balaban J connectivity index is 1.40. The third-order valence-corrected chi connectivity index (χ3v) is 7.31. The topological polar surface area (TPSA) is 52.7 Å². The minimum atomic E-state index is -0.307. The predicted molar refractivity (Wildman–Crippen MR) is 119 cm³/mol. The molecule has 30 heavy (non-hydrogen) atoms. The van der Waals surface area contributed by atoms with Crippen LogP contribution in [0.5, 0.6) is 0 Å². The zero-order valence-corrected chi connectivity index (χ0v) is 18.6. The molecule has 2 atom stereocenters. The normalized spacial score (nSPS) is 24.2. The van der Waals surface area contributed by atoms with Gasteiger partial charge in [0.15, 0.2) is 0 Å². The molecule has 3 fully saturated rings. The Hall–Kier alpha value is -1.59. The average Bonchev–Trinajstić information content (AvgIpc) is 3.46. The monoisotopic (exact) mass is 431 g/mol. The van der Waals surface area contributed by atoms with Crippen LogP contribution in [0.2, 0.25) is 5.02 Å². The molecule has 2 saturated heterocycles. The number of nitrogens with zero attached hydrogens (tertiary/aromatic N) is 2. The Bertz CT molecular complexity index is 744. The number of carbonyl (C=O) groups is 2. The first-order valence-corrected chi connectivity index (χ1v) is 12.1. The largest absolute Gasteiger partial charge is 0.352 e. The van der Waals surface area contributed by atoms with E-state index in [0.29, 0.717) is 6.54 Å². The molecule has 6 heteroatoms. The van der Waals surface area contributed by atoms with Crippen molar-refractivity contribution in [3.63, 3.8) is 0 Å². The highest BCUT2D eigenvalue weighted by Crippen LogP contribution is 2.30. The van der Waals surface area contributed by atoms with Crippen molar-refractivity contribution < 1.29 is 9.59 Å². The molecule has 4 rings (SSSR count). The SMILES string of the molecule is O=C(NC[C@H](c1cccc(Cl)c1)N1CCCC1)[C@@H]1CCCN1C(=O)C1CCCCC1. The van der Waals surface area contributed by atoms with E-state index in [4.69, 9.17) is 11.6 Å². The van der Waals surface area contributed by atoms with Crippen LogP contribution >= 0.6 is 11.6 Å². The summed E-state index contributed by atoms with van der Waals surface area (Å²) >= 11 is 6.24. The summed E-state index contributed by atoms with van der Waals surface area (Å²) < 4.78 is 0. The van der Waals surface area contributed by atoms with Gasteiger partial charge in [-0.05, 0) is 69.3 Å². The number of amides is 2. The fraction of sp³-hybridized carbons (Fsp3) is 0.667. The summed E-state index contributed by atoms with van der Waals surface area (Å²) in [7, 11) is 0. The standard InChI is InChI=1S/C24H34ClN3O2/c25-20-11-6-10-19(16-20)22(27-13-4-5-14-27)17-26-23(29)21-12-7-15-28(21)24(30)18-8-2-1-3-9-18/h6,10-11,16,18,21-22H,1-5,7-9,12-15,17H2,(H,26,29)/t21-,22+/m0/s1. The molecule has 5 nitrogen and oxygen atoms in total. The Labute approximate surface area is 185 Å². The van der Waals surface area contributed by atoms with Gasteiger partial charge in [0.25, 0.3) is 0 Å². The molecule has 0 unspecified atom stereocenters. The number of likely N-dealkylation sites (tertiary alicyclic amines) is 2. The van der Waals surface area contributed by atoms with Crippen molar-refractivity contribution in [2.24, 2.45) is 5.92 Å². The lowest BCUT2D eigenvalue weighted by atomic mass is 9.88. The fourth-order valence-electron chi connectivity index (χ4n) is 5.43. The van der Waals surface area contributed by atoms with E-state index in [-0.39, 0.29) is 29.8 Å². The first-order valence-electron chi connectivity index (χ1n) is 11.7. The van der Waals surface area contributed by atoms with Gasteiger partial charge in [-0.2, -0.15) is 0 Å². The molecule has 1 N–H and O–H groups in total.